The first-order valence-electron chi connectivity index (χ1n) is 6.44. The van der Waals surface area contributed by atoms with Gasteiger partial charge in [-0.3, -0.25) is 9.59 Å². The van der Waals surface area contributed by atoms with Crippen LogP contribution in [0.5, 0.6) is 0 Å². The molecule has 0 fully saturated rings. The Hall–Kier alpha value is -1.49. The molecule has 0 aliphatic rings. The Morgan fingerprint density at radius 3 is 2.55 bits per heavy atom. The van der Waals surface area contributed by atoms with E-state index in [1.807, 2.05) is 18.2 Å². The van der Waals surface area contributed by atoms with Crippen molar-refractivity contribution in [2.24, 2.45) is 0 Å². The first-order chi connectivity index (χ1) is 10.5. The highest BCUT2D eigenvalue weighted by Gasteiger charge is 2.09. The van der Waals surface area contributed by atoms with Crippen molar-refractivity contribution in [2.75, 3.05) is 11.1 Å². The molecule has 0 radical (unpaired) electrons. The van der Waals surface area contributed by atoms with Gasteiger partial charge in [0.2, 0.25) is 5.91 Å². The van der Waals surface area contributed by atoms with Crippen LogP contribution in [0.25, 0.3) is 0 Å². The maximum atomic E-state index is 12.2. The Bertz CT molecular complexity index is 719. The summed E-state index contributed by atoms with van der Waals surface area (Å²) in [5, 5.41) is 3.50. The van der Waals surface area contributed by atoms with Crippen molar-refractivity contribution in [3.63, 3.8) is 0 Å². The van der Waals surface area contributed by atoms with Gasteiger partial charge in [-0.05, 0) is 36.4 Å². The number of carbonyl (C=O) groups excluding carboxylic acids is 2. The summed E-state index contributed by atoms with van der Waals surface area (Å²) >= 11 is 13.1. The largest absolute Gasteiger partial charge is 0.326 e. The van der Waals surface area contributed by atoms with E-state index in [1.54, 1.807) is 24.3 Å². The van der Waals surface area contributed by atoms with Gasteiger partial charge in [-0.1, -0.05) is 29.3 Å². The van der Waals surface area contributed by atoms with Crippen LogP contribution in [0, 0.1) is 0 Å². The minimum Gasteiger partial charge on any atom is -0.326 e. The van der Waals surface area contributed by atoms with Crippen molar-refractivity contribution in [3.8, 4) is 0 Å². The number of nitrogens with one attached hydrogen (secondary N) is 1. The van der Waals surface area contributed by atoms with Gasteiger partial charge in [0.25, 0.3) is 0 Å². The summed E-state index contributed by atoms with van der Waals surface area (Å²) in [5.74, 6) is 0.115. The van der Waals surface area contributed by atoms with E-state index in [1.165, 1.54) is 18.7 Å². The molecule has 2 aromatic carbocycles. The third kappa shape index (κ3) is 4.77. The maximum absolute atomic E-state index is 12.2. The van der Waals surface area contributed by atoms with Crippen molar-refractivity contribution in [1.29, 1.82) is 0 Å². The summed E-state index contributed by atoms with van der Waals surface area (Å²) in [5.41, 5.74) is 1.24. The van der Waals surface area contributed by atoms with Crippen molar-refractivity contribution in [1.82, 2.24) is 0 Å². The number of thioether (sulfide) groups is 1. The van der Waals surface area contributed by atoms with Crippen LogP contribution < -0.4 is 5.32 Å². The molecule has 0 saturated carbocycles. The monoisotopic (exact) mass is 353 g/mol. The number of anilines is 1. The molecule has 114 valence electrons. The number of halogens is 2. The normalized spacial score (nSPS) is 10.3. The molecule has 0 aliphatic carbocycles. The number of hydrogen-bond donors (Lipinski definition) is 1. The molecule has 0 aromatic heterocycles. The summed E-state index contributed by atoms with van der Waals surface area (Å²) in [6.07, 6.45) is 0. The fourth-order valence-electron chi connectivity index (χ4n) is 1.77. The van der Waals surface area contributed by atoms with E-state index in [9.17, 15) is 9.59 Å². The fourth-order valence-corrected chi connectivity index (χ4v) is 2.92. The van der Waals surface area contributed by atoms with Gasteiger partial charge in [-0.15, -0.1) is 11.8 Å². The number of Topliss-reactive ketones (excluding diaryl/α,β-unsaturated/α-hetero) is 1. The quantitative estimate of drug-likeness (QED) is 0.612. The summed E-state index contributed by atoms with van der Waals surface area (Å²) in [7, 11) is 0. The molecule has 1 amide bonds. The van der Waals surface area contributed by atoms with E-state index in [4.69, 9.17) is 23.2 Å². The number of benzene rings is 2. The highest BCUT2D eigenvalue weighted by Crippen LogP contribution is 2.25. The first-order valence-corrected chi connectivity index (χ1v) is 8.18. The molecule has 3 nitrogen and oxygen atoms in total. The van der Waals surface area contributed by atoms with Crippen molar-refractivity contribution < 1.29 is 9.59 Å². The van der Waals surface area contributed by atoms with Gasteiger partial charge >= 0.3 is 0 Å². The standard InChI is InChI=1S/C16H13Cl2NO2S/c1-10(20)19-12-3-2-4-13(8-12)22-9-16(21)11-5-6-14(17)15(18)7-11/h2-8H,9H2,1H3,(H,19,20). The Kier molecular flexibility index (Phi) is 5.89. The molecule has 0 atom stereocenters. The topological polar surface area (TPSA) is 46.2 Å². The van der Waals surface area contributed by atoms with Gasteiger partial charge in [-0.2, -0.15) is 0 Å². The fraction of sp³-hybridized carbons (Fsp3) is 0.125. The lowest BCUT2D eigenvalue weighted by Gasteiger charge is -2.06. The molecule has 0 unspecified atom stereocenters. The van der Waals surface area contributed by atoms with E-state index >= 15 is 0 Å². The molecular formula is C16H13Cl2NO2S. The highest BCUT2D eigenvalue weighted by atomic mass is 35.5. The number of rotatable bonds is 5. The van der Waals surface area contributed by atoms with E-state index in [2.05, 4.69) is 5.32 Å². The Morgan fingerprint density at radius 2 is 1.86 bits per heavy atom. The average molecular weight is 354 g/mol. The molecule has 0 heterocycles. The van der Waals surface area contributed by atoms with Gasteiger partial charge in [0.15, 0.2) is 5.78 Å². The highest BCUT2D eigenvalue weighted by molar-refractivity contribution is 8.00. The van der Waals surface area contributed by atoms with Crippen molar-refractivity contribution in [3.05, 3.63) is 58.1 Å². The number of carbonyl (C=O) groups is 2. The maximum Gasteiger partial charge on any atom is 0.221 e. The number of ketones is 1. The second-order valence-electron chi connectivity index (χ2n) is 4.55. The Balaban J connectivity index is 2.01. The zero-order valence-corrected chi connectivity index (χ0v) is 14.1. The predicted octanol–water partition coefficient (Wildman–Crippen LogP) is 4.93. The number of hydrogen-bond acceptors (Lipinski definition) is 3. The van der Waals surface area contributed by atoms with Gasteiger partial charge in [0.05, 0.1) is 15.8 Å². The Morgan fingerprint density at radius 1 is 1.09 bits per heavy atom. The van der Waals surface area contributed by atoms with Gasteiger partial charge in [0, 0.05) is 23.1 Å². The summed E-state index contributed by atoms with van der Waals surface area (Å²) in [6, 6.07) is 12.2. The second kappa shape index (κ2) is 7.68. The molecule has 0 spiro atoms. The van der Waals surface area contributed by atoms with Crippen LogP contribution in [0.3, 0.4) is 0 Å². The second-order valence-corrected chi connectivity index (χ2v) is 6.41. The summed E-state index contributed by atoms with van der Waals surface area (Å²) < 4.78 is 0. The summed E-state index contributed by atoms with van der Waals surface area (Å²) in [6.45, 7) is 1.45. The molecular weight excluding hydrogens is 341 g/mol. The van der Waals surface area contributed by atoms with E-state index in [0.29, 0.717) is 21.3 Å². The molecule has 6 heteroatoms. The minimum atomic E-state index is -0.131. The van der Waals surface area contributed by atoms with Crippen molar-refractivity contribution >= 4 is 52.3 Å². The third-order valence-electron chi connectivity index (χ3n) is 2.77. The average Bonchev–Trinajstić information content (AvgIpc) is 2.47. The summed E-state index contributed by atoms with van der Waals surface area (Å²) in [4.78, 5) is 24.1. The molecule has 22 heavy (non-hydrogen) atoms. The molecule has 2 rings (SSSR count). The molecule has 2 aromatic rings. The van der Waals surface area contributed by atoms with Crippen LogP contribution in [-0.2, 0) is 4.79 Å². The van der Waals surface area contributed by atoms with Gasteiger partial charge in [-0.25, -0.2) is 0 Å². The predicted molar refractivity (Wildman–Crippen MR) is 92.3 cm³/mol. The number of amides is 1. The van der Waals surface area contributed by atoms with E-state index in [-0.39, 0.29) is 17.4 Å². The SMILES string of the molecule is CC(=O)Nc1cccc(SCC(=O)c2ccc(Cl)c(Cl)c2)c1. The smallest absolute Gasteiger partial charge is 0.221 e. The van der Waals surface area contributed by atoms with Crippen LogP contribution in [0.1, 0.15) is 17.3 Å². The van der Waals surface area contributed by atoms with Crippen LogP contribution in [0.15, 0.2) is 47.4 Å². The van der Waals surface area contributed by atoms with E-state index < -0.39 is 0 Å². The lowest BCUT2D eigenvalue weighted by atomic mass is 10.1. The molecule has 0 bridgehead atoms. The van der Waals surface area contributed by atoms with Crippen LogP contribution in [0.2, 0.25) is 10.0 Å². The molecule has 0 aliphatic heterocycles. The minimum absolute atomic E-state index is 0.0338. The lowest BCUT2D eigenvalue weighted by Crippen LogP contribution is -2.05. The van der Waals surface area contributed by atoms with Gasteiger partial charge in [0.1, 0.15) is 0 Å². The van der Waals surface area contributed by atoms with Crippen LogP contribution >= 0.6 is 35.0 Å². The zero-order chi connectivity index (χ0) is 16.1. The van der Waals surface area contributed by atoms with Crippen molar-refractivity contribution in [2.45, 2.75) is 11.8 Å². The zero-order valence-electron chi connectivity index (χ0n) is 11.7. The van der Waals surface area contributed by atoms with E-state index in [0.717, 1.165) is 4.90 Å². The van der Waals surface area contributed by atoms with Crippen LogP contribution in [0.4, 0.5) is 5.69 Å². The third-order valence-corrected chi connectivity index (χ3v) is 4.50. The molecule has 1 N–H and O–H groups in total. The Labute approximate surface area is 143 Å². The van der Waals surface area contributed by atoms with Gasteiger partial charge < -0.3 is 5.32 Å². The lowest BCUT2D eigenvalue weighted by molar-refractivity contribution is -0.114. The van der Waals surface area contributed by atoms with Crippen LogP contribution in [-0.4, -0.2) is 17.4 Å². The molecule has 0 saturated heterocycles. The first kappa shape index (κ1) is 16.9.